The van der Waals surface area contributed by atoms with Crippen molar-refractivity contribution in [1.29, 1.82) is 0 Å². The molecule has 5 rings (SSSR count). The van der Waals surface area contributed by atoms with Gasteiger partial charge < -0.3 is 29.9 Å². The fourth-order valence-electron chi connectivity index (χ4n) is 5.56. The summed E-state index contributed by atoms with van der Waals surface area (Å²) in [5.41, 5.74) is 0.831. The quantitative estimate of drug-likeness (QED) is 0.551. The molecule has 3 N–H and O–H groups in total. The summed E-state index contributed by atoms with van der Waals surface area (Å²) in [5, 5.41) is 22.7. The maximum Gasteiger partial charge on any atom is 0.206 e. The van der Waals surface area contributed by atoms with E-state index in [4.69, 9.17) is 9.47 Å². The number of sulfone groups is 1. The van der Waals surface area contributed by atoms with Gasteiger partial charge in [-0.3, -0.25) is 0 Å². The minimum atomic E-state index is -3.85. The van der Waals surface area contributed by atoms with Crippen molar-refractivity contribution >= 4 is 9.84 Å². The highest BCUT2D eigenvalue weighted by Gasteiger charge is 2.47. The molecule has 0 aliphatic carbocycles. The average molecular weight is 489 g/mol. The summed E-state index contributed by atoms with van der Waals surface area (Å²) in [5.74, 6) is -1.48. The number of phenolic OH excluding ortho intramolecular Hbond substituents is 2. The molecule has 0 radical (unpaired) electrons. The van der Waals surface area contributed by atoms with E-state index in [0.717, 1.165) is 50.7 Å². The highest BCUT2D eigenvalue weighted by molar-refractivity contribution is 7.91. The second-order valence-electron chi connectivity index (χ2n) is 9.33. The largest absolute Gasteiger partial charge is 0.504 e. The fourth-order valence-corrected chi connectivity index (χ4v) is 6.84. The summed E-state index contributed by atoms with van der Waals surface area (Å²) < 4.78 is 38.5. The molecule has 2 aromatic rings. The van der Waals surface area contributed by atoms with Crippen LogP contribution in [-0.4, -0.2) is 69.0 Å². The van der Waals surface area contributed by atoms with E-state index in [2.05, 4.69) is 10.2 Å². The van der Waals surface area contributed by atoms with E-state index in [1.807, 2.05) is 0 Å². The Morgan fingerprint density at radius 2 is 1.47 bits per heavy atom. The standard InChI is InChI=1S/C25H32N2O6S/c28-23-6-5-22(17-24(23)29)34(30,31)21-3-1-18(2-4-21)25(32-15-16-33-25)19-9-13-27(14-10-19)20-7-11-26-12-8-20/h1-6,17,19-20,26,28-29H,7-16H2. The molecular formula is C25H32N2O6S. The number of hydrogen-bond acceptors (Lipinski definition) is 8. The molecule has 184 valence electrons. The Hall–Kier alpha value is -2.17. The van der Waals surface area contributed by atoms with Gasteiger partial charge in [-0.15, -0.1) is 0 Å². The third-order valence-electron chi connectivity index (χ3n) is 7.43. The highest BCUT2D eigenvalue weighted by Crippen LogP contribution is 2.44. The molecule has 3 saturated heterocycles. The number of aromatic hydroxyl groups is 2. The summed E-state index contributed by atoms with van der Waals surface area (Å²) in [6.07, 6.45) is 4.32. The van der Waals surface area contributed by atoms with E-state index in [0.29, 0.717) is 19.3 Å². The van der Waals surface area contributed by atoms with Gasteiger partial charge in [0.1, 0.15) is 0 Å². The predicted octanol–water partition coefficient (Wildman–Crippen LogP) is 2.59. The van der Waals surface area contributed by atoms with Crippen LogP contribution in [0.3, 0.4) is 0 Å². The second kappa shape index (κ2) is 9.47. The average Bonchev–Trinajstić information content (AvgIpc) is 3.38. The highest BCUT2D eigenvalue weighted by atomic mass is 32.2. The van der Waals surface area contributed by atoms with Crippen molar-refractivity contribution in [2.45, 2.75) is 47.3 Å². The molecule has 9 heteroatoms. The van der Waals surface area contributed by atoms with E-state index in [1.165, 1.54) is 25.0 Å². The number of nitrogens with one attached hydrogen (secondary N) is 1. The van der Waals surface area contributed by atoms with Crippen LogP contribution in [0.5, 0.6) is 11.5 Å². The molecule has 0 spiro atoms. The number of likely N-dealkylation sites (tertiary alicyclic amines) is 1. The van der Waals surface area contributed by atoms with Gasteiger partial charge in [-0.1, -0.05) is 12.1 Å². The van der Waals surface area contributed by atoms with Crippen molar-refractivity contribution in [1.82, 2.24) is 10.2 Å². The first-order valence-corrected chi connectivity index (χ1v) is 13.5. The Balaban J connectivity index is 1.35. The van der Waals surface area contributed by atoms with Crippen molar-refractivity contribution in [3.63, 3.8) is 0 Å². The molecule has 0 atom stereocenters. The molecule has 0 saturated carbocycles. The van der Waals surface area contributed by atoms with E-state index in [-0.39, 0.29) is 21.5 Å². The normalized spacial score (nSPS) is 22.7. The first kappa shape index (κ1) is 23.6. The maximum atomic E-state index is 13.0. The molecule has 0 aromatic heterocycles. The van der Waals surface area contributed by atoms with Crippen molar-refractivity contribution in [3.8, 4) is 11.5 Å². The number of ether oxygens (including phenoxy) is 2. The zero-order chi connectivity index (χ0) is 23.8. The van der Waals surface area contributed by atoms with Gasteiger partial charge in [-0.25, -0.2) is 8.42 Å². The van der Waals surface area contributed by atoms with Gasteiger partial charge in [-0.05, 0) is 76.1 Å². The third kappa shape index (κ3) is 4.31. The number of piperidine rings is 2. The Morgan fingerprint density at radius 3 is 2.09 bits per heavy atom. The summed E-state index contributed by atoms with van der Waals surface area (Å²) in [7, 11) is -3.85. The van der Waals surface area contributed by atoms with Crippen LogP contribution < -0.4 is 5.32 Å². The van der Waals surface area contributed by atoms with Crippen LogP contribution in [0.1, 0.15) is 31.2 Å². The lowest BCUT2D eigenvalue weighted by Crippen LogP contribution is -2.49. The molecule has 34 heavy (non-hydrogen) atoms. The Labute approximate surface area is 200 Å². The minimum Gasteiger partial charge on any atom is -0.504 e. The van der Waals surface area contributed by atoms with Crippen molar-refractivity contribution in [3.05, 3.63) is 48.0 Å². The van der Waals surface area contributed by atoms with Crippen LogP contribution in [0.15, 0.2) is 52.3 Å². The van der Waals surface area contributed by atoms with E-state index in [1.54, 1.807) is 24.3 Å². The molecule has 8 nitrogen and oxygen atoms in total. The minimum absolute atomic E-state index is 0.0797. The lowest BCUT2D eigenvalue weighted by Gasteiger charge is -2.44. The van der Waals surface area contributed by atoms with E-state index in [9.17, 15) is 18.6 Å². The lowest BCUT2D eigenvalue weighted by molar-refractivity contribution is -0.215. The Bertz CT molecular complexity index is 1100. The smallest absolute Gasteiger partial charge is 0.206 e. The molecule has 2 aromatic carbocycles. The van der Waals surface area contributed by atoms with Crippen molar-refractivity contribution in [2.75, 3.05) is 39.4 Å². The number of benzene rings is 2. The first-order valence-electron chi connectivity index (χ1n) is 12.0. The molecule has 3 aliphatic heterocycles. The van der Waals surface area contributed by atoms with Crippen LogP contribution in [0, 0.1) is 5.92 Å². The van der Waals surface area contributed by atoms with Gasteiger partial charge in [0, 0.05) is 23.6 Å². The van der Waals surface area contributed by atoms with Crippen molar-refractivity contribution in [2.24, 2.45) is 5.92 Å². The van der Waals surface area contributed by atoms with Crippen LogP contribution in [0.25, 0.3) is 0 Å². The topological polar surface area (TPSA) is 108 Å². The van der Waals surface area contributed by atoms with Crippen LogP contribution in [0.2, 0.25) is 0 Å². The molecule has 0 bridgehead atoms. The van der Waals surface area contributed by atoms with Gasteiger partial charge in [-0.2, -0.15) is 0 Å². The van der Waals surface area contributed by atoms with Gasteiger partial charge in [0.15, 0.2) is 17.3 Å². The molecule has 0 unspecified atom stereocenters. The van der Waals surface area contributed by atoms with Crippen molar-refractivity contribution < 1.29 is 28.1 Å². The number of rotatable bonds is 5. The molecule has 0 amide bonds. The number of hydrogen-bond donors (Lipinski definition) is 3. The monoisotopic (exact) mass is 488 g/mol. The first-order chi connectivity index (χ1) is 16.4. The third-order valence-corrected chi connectivity index (χ3v) is 9.20. The summed E-state index contributed by atoms with van der Waals surface area (Å²) in [4.78, 5) is 2.63. The lowest BCUT2D eigenvalue weighted by atomic mass is 9.83. The Kier molecular flexibility index (Phi) is 6.56. The maximum absolute atomic E-state index is 13.0. The second-order valence-corrected chi connectivity index (χ2v) is 11.3. The molecule has 3 aliphatic rings. The molecular weight excluding hydrogens is 456 g/mol. The molecule has 3 heterocycles. The Morgan fingerprint density at radius 1 is 0.853 bits per heavy atom. The summed E-state index contributed by atoms with van der Waals surface area (Å²) in [6, 6.07) is 10.8. The van der Waals surface area contributed by atoms with Gasteiger partial charge >= 0.3 is 0 Å². The van der Waals surface area contributed by atoms with Crippen LogP contribution in [0.4, 0.5) is 0 Å². The zero-order valence-electron chi connectivity index (χ0n) is 19.2. The number of nitrogens with zero attached hydrogens (tertiary/aromatic N) is 1. The fraction of sp³-hybridized carbons (Fsp3) is 0.520. The predicted molar refractivity (Wildman–Crippen MR) is 125 cm³/mol. The SMILES string of the molecule is O=S(=O)(c1ccc(C2(C3CCN(C4CCNCC4)CC3)OCCO2)cc1)c1ccc(O)c(O)c1. The molecule has 3 fully saturated rings. The van der Waals surface area contributed by atoms with Gasteiger partial charge in [0.2, 0.25) is 9.84 Å². The van der Waals surface area contributed by atoms with Crippen LogP contribution >= 0.6 is 0 Å². The summed E-state index contributed by atoms with van der Waals surface area (Å²) in [6.45, 7) is 5.23. The van der Waals surface area contributed by atoms with Gasteiger partial charge in [0.05, 0.1) is 23.0 Å². The zero-order valence-corrected chi connectivity index (χ0v) is 20.0. The van der Waals surface area contributed by atoms with E-state index < -0.39 is 21.4 Å². The van der Waals surface area contributed by atoms with Gasteiger partial charge in [0.25, 0.3) is 0 Å². The number of phenols is 2. The van der Waals surface area contributed by atoms with E-state index >= 15 is 0 Å². The summed E-state index contributed by atoms with van der Waals surface area (Å²) >= 11 is 0. The van der Waals surface area contributed by atoms with Crippen LogP contribution in [-0.2, 0) is 25.1 Å².